The number of fused-ring (bicyclic) bond motifs is 1. The summed E-state index contributed by atoms with van der Waals surface area (Å²) in [4.78, 5) is 22.4. The van der Waals surface area contributed by atoms with Crippen molar-refractivity contribution in [3.63, 3.8) is 0 Å². The fraction of sp³-hybridized carbons (Fsp3) is 0.200. The number of carboxylic acid groups (broad SMARTS) is 1. The molecular formula is C15H14O4. The molecule has 0 aromatic heterocycles. The van der Waals surface area contributed by atoms with Gasteiger partial charge in [0.1, 0.15) is 5.75 Å². The molecule has 98 valence electrons. The molecule has 0 aliphatic carbocycles. The van der Waals surface area contributed by atoms with E-state index in [9.17, 15) is 9.59 Å². The smallest absolute Gasteiger partial charge is 0.314 e. The molecule has 1 atom stereocenters. The molecule has 0 spiro atoms. The van der Waals surface area contributed by atoms with E-state index in [0.717, 1.165) is 10.8 Å². The molecule has 2 aromatic rings. The number of carboxylic acids is 1. The third kappa shape index (κ3) is 3.10. The molecule has 19 heavy (non-hydrogen) atoms. The minimum absolute atomic E-state index is 0.233. The van der Waals surface area contributed by atoms with Gasteiger partial charge in [-0.1, -0.05) is 43.3 Å². The Hall–Kier alpha value is -2.36. The van der Waals surface area contributed by atoms with Crippen molar-refractivity contribution in [2.24, 2.45) is 5.92 Å². The Morgan fingerprint density at radius 1 is 1.16 bits per heavy atom. The molecule has 4 nitrogen and oxygen atoms in total. The summed E-state index contributed by atoms with van der Waals surface area (Å²) in [5, 5.41) is 10.5. The van der Waals surface area contributed by atoms with Gasteiger partial charge in [0.2, 0.25) is 0 Å². The third-order valence-corrected chi connectivity index (χ3v) is 2.84. The Morgan fingerprint density at radius 2 is 1.84 bits per heavy atom. The van der Waals surface area contributed by atoms with Crippen LogP contribution in [0.15, 0.2) is 42.5 Å². The summed E-state index contributed by atoms with van der Waals surface area (Å²) in [6.45, 7) is 1.54. The number of ether oxygens (including phenoxy) is 1. The molecule has 4 heteroatoms. The quantitative estimate of drug-likeness (QED) is 0.676. The molecule has 1 unspecified atom stereocenters. The van der Waals surface area contributed by atoms with E-state index in [2.05, 4.69) is 0 Å². The highest BCUT2D eigenvalue weighted by Crippen LogP contribution is 2.26. The second kappa shape index (κ2) is 5.52. The van der Waals surface area contributed by atoms with Crippen molar-refractivity contribution in [2.75, 3.05) is 0 Å². The van der Waals surface area contributed by atoms with Gasteiger partial charge < -0.3 is 9.84 Å². The molecule has 2 rings (SSSR count). The van der Waals surface area contributed by atoms with Crippen molar-refractivity contribution in [2.45, 2.75) is 13.3 Å². The van der Waals surface area contributed by atoms with Crippen molar-refractivity contribution >= 4 is 22.7 Å². The molecule has 0 heterocycles. The van der Waals surface area contributed by atoms with Crippen molar-refractivity contribution in [1.82, 2.24) is 0 Å². The van der Waals surface area contributed by atoms with Crippen LogP contribution in [0.1, 0.15) is 13.3 Å². The van der Waals surface area contributed by atoms with Crippen LogP contribution in [-0.4, -0.2) is 17.0 Å². The van der Waals surface area contributed by atoms with E-state index in [4.69, 9.17) is 9.84 Å². The van der Waals surface area contributed by atoms with E-state index < -0.39 is 17.9 Å². The maximum absolute atomic E-state index is 11.8. The zero-order valence-corrected chi connectivity index (χ0v) is 10.5. The lowest BCUT2D eigenvalue weighted by molar-refractivity contribution is -0.145. The van der Waals surface area contributed by atoms with E-state index in [1.165, 1.54) is 0 Å². The first-order valence-corrected chi connectivity index (χ1v) is 5.99. The SMILES string of the molecule is CC(CC(=O)O)C(=O)Oc1cccc2ccccc12. The number of carbonyl (C=O) groups excluding carboxylic acids is 1. The van der Waals surface area contributed by atoms with Crippen molar-refractivity contribution in [3.05, 3.63) is 42.5 Å². The summed E-state index contributed by atoms with van der Waals surface area (Å²) in [5.41, 5.74) is 0. The summed E-state index contributed by atoms with van der Waals surface area (Å²) in [6.07, 6.45) is -0.233. The standard InChI is InChI=1S/C15H14O4/c1-10(9-14(16)17)15(18)19-13-8-4-6-11-5-2-3-7-12(11)13/h2-8,10H,9H2,1H3,(H,16,17). The Balaban J connectivity index is 2.22. The number of rotatable bonds is 4. The molecule has 0 saturated heterocycles. The minimum Gasteiger partial charge on any atom is -0.481 e. The van der Waals surface area contributed by atoms with Crippen LogP contribution in [0.5, 0.6) is 5.75 Å². The lowest BCUT2D eigenvalue weighted by Gasteiger charge is -2.11. The zero-order valence-electron chi connectivity index (χ0n) is 10.5. The lowest BCUT2D eigenvalue weighted by Crippen LogP contribution is -2.20. The lowest BCUT2D eigenvalue weighted by atomic mass is 10.1. The second-order valence-corrected chi connectivity index (χ2v) is 4.40. The van der Waals surface area contributed by atoms with E-state index in [1.807, 2.05) is 30.3 Å². The van der Waals surface area contributed by atoms with Crippen LogP contribution in [0, 0.1) is 5.92 Å². The van der Waals surface area contributed by atoms with Gasteiger partial charge >= 0.3 is 11.9 Å². The average Bonchev–Trinajstić information content (AvgIpc) is 2.38. The molecule has 0 aliphatic rings. The van der Waals surface area contributed by atoms with Crippen LogP contribution < -0.4 is 4.74 Å². The Bertz CT molecular complexity index is 613. The minimum atomic E-state index is -1.01. The van der Waals surface area contributed by atoms with Crippen LogP contribution in [0.3, 0.4) is 0 Å². The summed E-state index contributed by atoms with van der Waals surface area (Å²) in [6, 6.07) is 13.0. The highest BCUT2D eigenvalue weighted by Gasteiger charge is 2.19. The van der Waals surface area contributed by atoms with Crippen LogP contribution in [0.4, 0.5) is 0 Å². The van der Waals surface area contributed by atoms with Gasteiger partial charge in [-0.15, -0.1) is 0 Å². The number of benzene rings is 2. The highest BCUT2D eigenvalue weighted by atomic mass is 16.5. The Labute approximate surface area is 110 Å². The van der Waals surface area contributed by atoms with Crippen LogP contribution in [-0.2, 0) is 9.59 Å². The van der Waals surface area contributed by atoms with Gasteiger partial charge in [-0.05, 0) is 11.5 Å². The Kier molecular flexibility index (Phi) is 3.80. The first-order chi connectivity index (χ1) is 9.08. The molecule has 1 N–H and O–H groups in total. The summed E-state index contributed by atoms with van der Waals surface area (Å²) < 4.78 is 5.29. The fourth-order valence-electron chi connectivity index (χ4n) is 1.84. The summed E-state index contributed by atoms with van der Waals surface area (Å²) in [7, 11) is 0. The predicted molar refractivity (Wildman–Crippen MR) is 71.0 cm³/mol. The molecule has 0 aliphatic heterocycles. The normalized spacial score (nSPS) is 12.1. The molecule has 0 amide bonds. The van der Waals surface area contributed by atoms with Gasteiger partial charge in [0, 0.05) is 5.39 Å². The number of hydrogen-bond acceptors (Lipinski definition) is 3. The number of esters is 1. The molecular weight excluding hydrogens is 244 g/mol. The third-order valence-electron chi connectivity index (χ3n) is 2.84. The first kappa shape index (κ1) is 13.1. The van der Waals surface area contributed by atoms with Crippen LogP contribution in [0.25, 0.3) is 10.8 Å². The van der Waals surface area contributed by atoms with E-state index >= 15 is 0 Å². The number of carbonyl (C=O) groups is 2. The second-order valence-electron chi connectivity index (χ2n) is 4.40. The first-order valence-electron chi connectivity index (χ1n) is 5.99. The van der Waals surface area contributed by atoms with Gasteiger partial charge in [0.05, 0.1) is 12.3 Å². The maximum Gasteiger partial charge on any atom is 0.314 e. The van der Waals surface area contributed by atoms with E-state index in [-0.39, 0.29) is 6.42 Å². The van der Waals surface area contributed by atoms with Crippen LogP contribution >= 0.6 is 0 Å². The van der Waals surface area contributed by atoms with Gasteiger partial charge in [-0.3, -0.25) is 9.59 Å². The average molecular weight is 258 g/mol. The molecule has 0 fully saturated rings. The molecule has 0 radical (unpaired) electrons. The monoisotopic (exact) mass is 258 g/mol. The predicted octanol–water partition coefficient (Wildman–Crippen LogP) is 2.86. The summed E-state index contributed by atoms with van der Waals surface area (Å²) in [5.74, 6) is -1.75. The van der Waals surface area contributed by atoms with Gasteiger partial charge in [0.15, 0.2) is 0 Å². The van der Waals surface area contributed by atoms with Crippen molar-refractivity contribution in [3.8, 4) is 5.75 Å². The topological polar surface area (TPSA) is 63.6 Å². The molecule has 2 aromatic carbocycles. The van der Waals surface area contributed by atoms with Crippen molar-refractivity contribution in [1.29, 1.82) is 0 Å². The molecule has 0 bridgehead atoms. The van der Waals surface area contributed by atoms with Gasteiger partial charge in [0.25, 0.3) is 0 Å². The van der Waals surface area contributed by atoms with Gasteiger partial charge in [-0.25, -0.2) is 0 Å². The maximum atomic E-state index is 11.8. The number of aliphatic carboxylic acids is 1. The molecule has 0 saturated carbocycles. The van der Waals surface area contributed by atoms with Gasteiger partial charge in [-0.2, -0.15) is 0 Å². The largest absolute Gasteiger partial charge is 0.481 e. The zero-order chi connectivity index (χ0) is 13.8. The Morgan fingerprint density at radius 3 is 2.58 bits per heavy atom. The van der Waals surface area contributed by atoms with Crippen molar-refractivity contribution < 1.29 is 19.4 Å². The van der Waals surface area contributed by atoms with Crippen LogP contribution in [0.2, 0.25) is 0 Å². The number of hydrogen-bond donors (Lipinski definition) is 1. The fourth-order valence-corrected chi connectivity index (χ4v) is 1.84. The highest BCUT2D eigenvalue weighted by molar-refractivity contribution is 5.91. The van der Waals surface area contributed by atoms with E-state index in [0.29, 0.717) is 5.75 Å². The van der Waals surface area contributed by atoms with E-state index in [1.54, 1.807) is 19.1 Å². The summed E-state index contributed by atoms with van der Waals surface area (Å²) >= 11 is 0.